The lowest BCUT2D eigenvalue weighted by atomic mass is 9.96. The van der Waals surface area contributed by atoms with Crippen LogP contribution in [0.15, 0.2) is 77.8 Å². The van der Waals surface area contributed by atoms with E-state index >= 15 is 0 Å². The summed E-state index contributed by atoms with van der Waals surface area (Å²) in [5, 5.41) is 19.1. The Balaban J connectivity index is 1.32. The minimum Gasteiger partial charge on any atom is -0.454 e. The van der Waals surface area contributed by atoms with Gasteiger partial charge >= 0.3 is 5.97 Å². The molecule has 1 aromatic heterocycles. The van der Waals surface area contributed by atoms with E-state index in [0.717, 1.165) is 27.8 Å². The quantitative estimate of drug-likeness (QED) is 0.159. The van der Waals surface area contributed by atoms with E-state index in [1.165, 1.54) is 24.3 Å². The maximum Gasteiger partial charge on any atom is 0.338 e. The molecule has 0 radical (unpaired) electrons. The molecular weight excluding hydrogens is 590 g/mol. The minimum absolute atomic E-state index is 0.0494. The molecule has 0 spiro atoms. The van der Waals surface area contributed by atoms with Gasteiger partial charge in [0.15, 0.2) is 12.4 Å². The van der Waals surface area contributed by atoms with Gasteiger partial charge in [-0.25, -0.2) is 14.7 Å². The van der Waals surface area contributed by atoms with Gasteiger partial charge in [0.1, 0.15) is 28.5 Å². The standard InChI is InChI=1S/C34H25N5O5S/c1-19-3-7-21(8-4-19)27(40)18-44-34(43)23-11-13-24(14-12-23)39-29(41)15-28(33(39)42)45-32-26(17-36)30(25(16-35)31(37)38-32)22-9-5-20(2)6-10-22/h3-14,28H,15,18H2,1-2H3,(H2,37,38). The van der Waals surface area contributed by atoms with Crippen LogP contribution in [0.25, 0.3) is 11.1 Å². The summed E-state index contributed by atoms with van der Waals surface area (Å²) in [7, 11) is 0. The topological polar surface area (TPSA) is 167 Å². The molecule has 10 nitrogen and oxygen atoms in total. The van der Waals surface area contributed by atoms with Crippen LogP contribution in [0.4, 0.5) is 11.5 Å². The number of ether oxygens (including phenoxy) is 1. The van der Waals surface area contributed by atoms with Crippen molar-refractivity contribution in [3.8, 4) is 23.3 Å². The third-order valence-electron chi connectivity index (χ3n) is 7.18. The lowest BCUT2D eigenvalue weighted by Crippen LogP contribution is -2.31. The molecule has 1 atom stereocenters. The highest BCUT2D eigenvalue weighted by Crippen LogP contribution is 2.40. The molecule has 11 heteroatoms. The SMILES string of the molecule is Cc1ccc(C(=O)COC(=O)c2ccc(N3C(=O)CC(Sc4nc(N)c(C#N)c(-c5ccc(C)cc5)c4C#N)C3=O)cc2)cc1. The van der Waals surface area contributed by atoms with Crippen LogP contribution in [0.2, 0.25) is 0 Å². The zero-order valence-corrected chi connectivity index (χ0v) is 25.1. The molecular formula is C34H25N5O5S. The van der Waals surface area contributed by atoms with Crippen LogP contribution in [-0.4, -0.2) is 40.4 Å². The van der Waals surface area contributed by atoms with Gasteiger partial charge in [-0.15, -0.1) is 0 Å². The van der Waals surface area contributed by atoms with Crippen molar-refractivity contribution in [3.05, 3.63) is 106 Å². The smallest absolute Gasteiger partial charge is 0.338 e. The number of hydrogen-bond donors (Lipinski definition) is 1. The molecule has 1 unspecified atom stereocenters. The Hall–Kier alpha value is -5.78. The summed E-state index contributed by atoms with van der Waals surface area (Å²) >= 11 is 0.933. The first kappa shape index (κ1) is 30.7. The van der Waals surface area contributed by atoms with Gasteiger partial charge in [-0.05, 0) is 43.7 Å². The molecule has 1 aliphatic rings. The van der Waals surface area contributed by atoms with E-state index in [1.807, 2.05) is 32.0 Å². The lowest BCUT2D eigenvalue weighted by Gasteiger charge is -2.16. The Kier molecular flexibility index (Phi) is 8.75. The number of rotatable bonds is 8. The number of nitriles is 2. The van der Waals surface area contributed by atoms with Crippen LogP contribution >= 0.6 is 11.8 Å². The van der Waals surface area contributed by atoms with Crippen molar-refractivity contribution in [2.24, 2.45) is 0 Å². The maximum atomic E-state index is 13.4. The Labute approximate surface area is 263 Å². The molecule has 1 aliphatic heterocycles. The van der Waals surface area contributed by atoms with Gasteiger partial charge in [0, 0.05) is 17.5 Å². The fraction of sp³-hybridized carbons (Fsp3) is 0.147. The van der Waals surface area contributed by atoms with Crippen LogP contribution in [0, 0.1) is 36.5 Å². The minimum atomic E-state index is -0.910. The number of aromatic nitrogens is 1. The number of carbonyl (C=O) groups is 4. The van der Waals surface area contributed by atoms with Crippen LogP contribution in [0.5, 0.6) is 0 Å². The molecule has 4 aromatic rings. The van der Waals surface area contributed by atoms with E-state index in [2.05, 4.69) is 11.1 Å². The third-order valence-corrected chi connectivity index (χ3v) is 8.36. The number of thioether (sulfide) groups is 1. The average Bonchev–Trinajstić information content (AvgIpc) is 3.31. The average molecular weight is 616 g/mol. The Morgan fingerprint density at radius 2 is 1.49 bits per heavy atom. The van der Waals surface area contributed by atoms with Gasteiger partial charge in [0.05, 0.1) is 22.1 Å². The summed E-state index contributed by atoms with van der Waals surface area (Å²) in [4.78, 5) is 56.6. The number of pyridine rings is 1. The highest BCUT2D eigenvalue weighted by molar-refractivity contribution is 8.00. The first-order valence-corrected chi connectivity index (χ1v) is 14.6. The number of amides is 2. The first-order chi connectivity index (χ1) is 21.6. The third kappa shape index (κ3) is 6.30. The van der Waals surface area contributed by atoms with E-state index in [9.17, 15) is 29.7 Å². The number of Topliss-reactive ketones (excluding diaryl/α,β-unsaturated/α-hetero) is 1. The number of nitrogens with zero attached hydrogens (tertiary/aromatic N) is 4. The van der Waals surface area contributed by atoms with Crippen LogP contribution in [0.1, 0.15) is 49.4 Å². The van der Waals surface area contributed by atoms with Gasteiger partial charge in [-0.3, -0.25) is 14.4 Å². The largest absolute Gasteiger partial charge is 0.454 e. The van der Waals surface area contributed by atoms with Crippen LogP contribution in [-0.2, 0) is 14.3 Å². The Bertz CT molecular complexity index is 1920. The van der Waals surface area contributed by atoms with Crippen molar-refractivity contribution < 1.29 is 23.9 Å². The molecule has 0 saturated carbocycles. The highest BCUT2D eigenvalue weighted by Gasteiger charge is 2.41. The number of carbonyl (C=O) groups excluding carboxylic acids is 4. The monoisotopic (exact) mass is 615 g/mol. The number of esters is 1. The Morgan fingerprint density at radius 3 is 2.09 bits per heavy atom. The summed E-state index contributed by atoms with van der Waals surface area (Å²) in [6, 6.07) is 23.9. The predicted molar refractivity (Wildman–Crippen MR) is 167 cm³/mol. The zero-order chi connectivity index (χ0) is 32.2. The number of hydrogen-bond acceptors (Lipinski definition) is 10. The van der Waals surface area contributed by atoms with E-state index in [4.69, 9.17) is 10.5 Å². The van der Waals surface area contributed by atoms with Gasteiger partial charge < -0.3 is 10.5 Å². The number of nitrogens with two attached hydrogens (primary N) is 1. The second-order valence-corrected chi connectivity index (χ2v) is 11.5. The molecule has 2 N–H and O–H groups in total. The Morgan fingerprint density at radius 1 is 0.911 bits per heavy atom. The fourth-order valence-corrected chi connectivity index (χ4v) is 5.90. The van der Waals surface area contributed by atoms with Crippen molar-refractivity contribution in [1.82, 2.24) is 4.98 Å². The number of anilines is 2. The first-order valence-electron chi connectivity index (χ1n) is 13.7. The molecule has 3 aromatic carbocycles. The van der Waals surface area contributed by atoms with Gasteiger partial charge in [0.2, 0.25) is 11.8 Å². The van der Waals surface area contributed by atoms with E-state index in [1.54, 1.807) is 36.4 Å². The summed E-state index contributed by atoms with van der Waals surface area (Å²) < 4.78 is 5.16. The molecule has 222 valence electrons. The van der Waals surface area contributed by atoms with Gasteiger partial charge in [-0.1, -0.05) is 71.4 Å². The number of nitrogen functional groups attached to an aromatic ring is 1. The van der Waals surface area contributed by atoms with Crippen molar-refractivity contribution in [1.29, 1.82) is 10.5 Å². The highest BCUT2D eigenvalue weighted by atomic mass is 32.2. The molecule has 2 heterocycles. The van der Waals surface area contributed by atoms with Gasteiger partial charge in [-0.2, -0.15) is 10.5 Å². The predicted octanol–water partition coefficient (Wildman–Crippen LogP) is 5.15. The van der Waals surface area contributed by atoms with Crippen LogP contribution < -0.4 is 10.6 Å². The van der Waals surface area contributed by atoms with Gasteiger partial charge in [0.25, 0.3) is 0 Å². The molecule has 0 bridgehead atoms. The maximum absolute atomic E-state index is 13.4. The molecule has 0 aliphatic carbocycles. The number of benzene rings is 3. The number of imide groups is 1. The summed E-state index contributed by atoms with van der Waals surface area (Å²) in [5.41, 5.74) is 9.95. The summed E-state index contributed by atoms with van der Waals surface area (Å²) in [6.07, 6.45) is -0.166. The molecule has 45 heavy (non-hydrogen) atoms. The van der Waals surface area contributed by atoms with Crippen molar-refractivity contribution in [3.63, 3.8) is 0 Å². The number of ketones is 1. The van der Waals surface area contributed by atoms with Crippen molar-refractivity contribution >= 4 is 46.8 Å². The fourth-order valence-electron chi connectivity index (χ4n) is 4.78. The van der Waals surface area contributed by atoms with Crippen molar-refractivity contribution in [2.75, 3.05) is 17.2 Å². The van der Waals surface area contributed by atoms with E-state index in [0.29, 0.717) is 16.7 Å². The molecule has 1 saturated heterocycles. The lowest BCUT2D eigenvalue weighted by molar-refractivity contribution is -0.121. The summed E-state index contributed by atoms with van der Waals surface area (Å²) in [6.45, 7) is 3.37. The van der Waals surface area contributed by atoms with Crippen molar-refractivity contribution in [2.45, 2.75) is 30.5 Å². The molecule has 1 fully saturated rings. The van der Waals surface area contributed by atoms with Crippen LogP contribution in [0.3, 0.4) is 0 Å². The summed E-state index contributed by atoms with van der Waals surface area (Å²) in [5.74, 6) is -2.18. The van der Waals surface area contributed by atoms with E-state index < -0.39 is 29.6 Å². The second-order valence-electron chi connectivity index (χ2n) is 10.3. The normalized spacial score (nSPS) is 14.1. The zero-order valence-electron chi connectivity index (χ0n) is 24.2. The second kappa shape index (κ2) is 12.8. The molecule has 5 rings (SSSR count). The molecule has 2 amide bonds. The van der Waals surface area contributed by atoms with E-state index in [-0.39, 0.29) is 45.4 Å². The number of aryl methyl sites for hydroxylation is 2.